The maximum atomic E-state index is 14.0. The van der Waals surface area contributed by atoms with Crippen molar-refractivity contribution in [2.45, 2.75) is 24.7 Å². The van der Waals surface area contributed by atoms with E-state index in [0.717, 1.165) is 27.2 Å². The van der Waals surface area contributed by atoms with Crippen LogP contribution in [-0.2, 0) is 15.0 Å². The highest BCUT2D eigenvalue weighted by Gasteiger charge is 2.67. The van der Waals surface area contributed by atoms with E-state index in [1.807, 2.05) is 24.3 Å². The van der Waals surface area contributed by atoms with E-state index in [-0.39, 0.29) is 34.1 Å². The van der Waals surface area contributed by atoms with Crippen LogP contribution in [0.1, 0.15) is 41.5 Å². The number of carbonyl (C=O) groups excluding carboxylic acids is 2. The van der Waals surface area contributed by atoms with Gasteiger partial charge in [0, 0.05) is 23.5 Å². The van der Waals surface area contributed by atoms with E-state index in [2.05, 4.69) is 31.2 Å². The van der Waals surface area contributed by atoms with Crippen LogP contribution < -0.4 is 4.90 Å². The maximum Gasteiger partial charge on any atom is 0.271 e. The van der Waals surface area contributed by atoms with Crippen LogP contribution in [0.4, 0.5) is 11.4 Å². The summed E-state index contributed by atoms with van der Waals surface area (Å²) in [5.41, 5.74) is 3.54. The van der Waals surface area contributed by atoms with Crippen LogP contribution in [0.15, 0.2) is 66.7 Å². The number of imide groups is 1. The minimum absolute atomic E-state index is 0.0778. The molecule has 6 nitrogen and oxygen atoms in total. The van der Waals surface area contributed by atoms with Crippen LogP contribution in [0.5, 0.6) is 0 Å². The Balaban J connectivity index is 1.62. The lowest BCUT2D eigenvalue weighted by atomic mass is 9.46. The fourth-order valence-electron chi connectivity index (χ4n) is 6.55. The predicted octanol–water partition coefficient (Wildman–Crippen LogP) is 5.21. The maximum absolute atomic E-state index is 14.0. The Morgan fingerprint density at radius 1 is 0.970 bits per heavy atom. The number of hydrogen-bond donors (Lipinski definition) is 0. The van der Waals surface area contributed by atoms with Gasteiger partial charge in [0.25, 0.3) is 5.69 Å². The van der Waals surface area contributed by atoms with E-state index in [4.69, 9.17) is 11.6 Å². The van der Waals surface area contributed by atoms with Crippen molar-refractivity contribution in [3.63, 3.8) is 0 Å². The van der Waals surface area contributed by atoms with Gasteiger partial charge in [0.05, 0.1) is 27.5 Å². The van der Waals surface area contributed by atoms with Crippen LogP contribution >= 0.6 is 11.6 Å². The van der Waals surface area contributed by atoms with Crippen molar-refractivity contribution < 1.29 is 14.5 Å². The summed E-state index contributed by atoms with van der Waals surface area (Å²) >= 11 is 6.38. The summed E-state index contributed by atoms with van der Waals surface area (Å²) in [6.07, 6.45) is 0.643. The molecule has 0 radical (unpaired) electrons. The highest BCUT2D eigenvalue weighted by atomic mass is 35.5. The van der Waals surface area contributed by atoms with Crippen LogP contribution in [-0.4, -0.2) is 16.7 Å². The zero-order valence-corrected chi connectivity index (χ0v) is 18.5. The van der Waals surface area contributed by atoms with Crippen molar-refractivity contribution in [1.82, 2.24) is 0 Å². The van der Waals surface area contributed by atoms with Gasteiger partial charge < -0.3 is 0 Å². The Labute approximate surface area is 194 Å². The molecular formula is C26H19ClN2O4. The first-order valence-electron chi connectivity index (χ1n) is 10.9. The summed E-state index contributed by atoms with van der Waals surface area (Å²) < 4.78 is 0. The van der Waals surface area contributed by atoms with Gasteiger partial charge in [-0.05, 0) is 34.7 Å². The second kappa shape index (κ2) is 6.75. The van der Waals surface area contributed by atoms with E-state index in [1.54, 1.807) is 0 Å². The second-order valence-corrected chi connectivity index (χ2v) is 9.29. The largest absolute Gasteiger partial charge is 0.274 e. The van der Waals surface area contributed by atoms with Crippen LogP contribution in [0.3, 0.4) is 0 Å². The highest BCUT2D eigenvalue weighted by Crippen LogP contribution is 2.65. The van der Waals surface area contributed by atoms with E-state index >= 15 is 0 Å². The minimum Gasteiger partial charge on any atom is -0.274 e. The first kappa shape index (κ1) is 20.1. The monoisotopic (exact) mass is 458 g/mol. The molecule has 164 valence electrons. The highest BCUT2D eigenvalue weighted by molar-refractivity contribution is 6.36. The van der Waals surface area contributed by atoms with Gasteiger partial charge in [-0.25, -0.2) is 4.90 Å². The molecule has 1 saturated heterocycles. The number of hydrogen-bond acceptors (Lipinski definition) is 4. The normalized spacial score (nSPS) is 26.7. The summed E-state index contributed by atoms with van der Waals surface area (Å²) in [5, 5.41) is 11.5. The molecule has 0 unspecified atom stereocenters. The van der Waals surface area contributed by atoms with E-state index in [0.29, 0.717) is 6.42 Å². The smallest absolute Gasteiger partial charge is 0.271 e. The Bertz CT molecular complexity index is 1340. The molecule has 1 fully saturated rings. The molecule has 3 aromatic rings. The lowest BCUT2D eigenvalue weighted by molar-refractivity contribution is -0.384. The Hall–Kier alpha value is -3.51. The molecule has 7 heteroatoms. The number of carbonyl (C=O) groups is 2. The average molecular weight is 459 g/mol. The fourth-order valence-corrected chi connectivity index (χ4v) is 6.76. The SMILES string of the molecule is CCC12c3ccccc3C(c3ccccc31)[C@H]1C(=O)N(c3cc([N+](=O)[O-])ccc3Cl)C(=O)[C@H]12. The molecule has 0 N–H and O–H groups in total. The van der Waals surface area contributed by atoms with Crippen molar-refractivity contribution in [2.24, 2.45) is 11.8 Å². The van der Waals surface area contributed by atoms with Gasteiger partial charge in [-0.3, -0.25) is 19.7 Å². The predicted molar refractivity (Wildman–Crippen MR) is 123 cm³/mol. The number of amides is 2. The number of halogens is 1. The van der Waals surface area contributed by atoms with Crippen molar-refractivity contribution in [2.75, 3.05) is 4.90 Å². The molecule has 3 aliphatic carbocycles. The van der Waals surface area contributed by atoms with Crippen LogP contribution in [0.25, 0.3) is 0 Å². The van der Waals surface area contributed by atoms with Gasteiger partial charge in [0.15, 0.2) is 0 Å². The van der Waals surface area contributed by atoms with Gasteiger partial charge in [0.1, 0.15) is 0 Å². The van der Waals surface area contributed by atoms with Crippen molar-refractivity contribution in [3.8, 4) is 0 Å². The summed E-state index contributed by atoms with van der Waals surface area (Å²) in [5.74, 6) is -2.13. The molecule has 7 rings (SSSR count). The van der Waals surface area contributed by atoms with Crippen molar-refractivity contribution in [3.05, 3.63) is 104 Å². The Kier molecular flexibility index (Phi) is 4.11. The second-order valence-electron chi connectivity index (χ2n) is 8.89. The molecule has 2 amide bonds. The number of nitrogens with zero attached hydrogens (tertiary/aromatic N) is 2. The van der Waals surface area contributed by atoms with Crippen molar-refractivity contribution in [1.29, 1.82) is 0 Å². The molecule has 0 saturated carbocycles. The molecule has 2 bridgehead atoms. The third-order valence-electron chi connectivity index (χ3n) is 7.73. The van der Waals surface area contributed by atoms with Gasteiger partial charge >= 0.3 is 0 Å². The lowest BCUT2D eigenvalue weighted by Gasteiger charge is -2.54. The number of nitro benzene ring substituents is 1. The van der Waals surface area contributed by atoms with E-state index < -0.39 is 22.2 Å². The van der Waals surface area contributed by atoms with Crippen LogP contribution in [0, 0.1) is 22.0 Å². The number of nitro groups is 1. The molecule has 4 aliphatic rings. The third kappa shape index (κ3) is 2.34. The number of rotatable bonds is 3. The first-order chi connectivity index (χ1) is 15.9. The van der Waals surface area contributed by atoms with Crippen molar-refractivity contribution >= 4 is 34.8 Å². The molecule has 1 aliphatic heterocycles. The molecule has 0 spiro atoms. The van der Waals surface area contributed by atoms with Gasteiger partial charge in [-0.15, -0.1) is 0 Å². The van der Waals surface area contributed by atoms with Gasteiger partial charge in [-0.2, -0.15) is 0 Å². The van der Waals surface area contributed by atoms with Gasteiger partial charge in [0.2, 0.25) is 11.8 Å². The quantitative estimate of drug-likeness (QED) is 0.306. The van der Waals surface area contributed by atoms with E-state index in [1.165, 1.54) is 18.2 Å². The standard InChI is InChI=1S/C26H19ClN2O4/c1-2-26-17-9-5-3-7-15(17)21(16-8-4-6-10-18(16)26)22-23(26)25(31)28(24(22)30)20-13-14(29(32)33)11-12-19(20)27/h3-13,21-23H,2H2,1H3/t21?,22-,23+,26?/m1/s1. The molecular weight excluding hydrogens is 440 g/mol. The number of benzene rings is 3. The summed E-state index contributed by atoms with van der Waals surface area (Å²) in [6.45, 7) is 2.05. The molecule has 3 aromatic carbocycles. The Morgan fingerprint density at radius 2 is 1.58 bits per heavy atom. The topological polar surface area (TPSA) is 80.5 Å². The summed E-state index contributed by atoms with van der Waals surface area (Å²) in [7, 11) is 0. The third-order valence-corrected chi connectivity index (χ3v) is 8.05. The average Bonchev–Trinajstić information content (AvgIpc) is 3.10. The number of non-ortho nitro benzene ring substituents is 1. The first-order valence-corrected chi connectivity index (χ1v) is 11.3. The van der Waals surface area contributed by atoms with Gasteiger partial charge in [-0.1, -0.05) is 67.1 Å². The van der Waals surface area contributed by atoms with Crippen LogP contribution in [0.2, 0.25) is 5.02 Å². The molecule has 33 heavy (non-hydrogen) atoms. The minimum atomic E-state index is -0.652. The zero-order valence-electron chi connectivity index (χ0n) is 17.7. The Morgan fingerprint density at radius 3 is 2.15 bits per heavy atom. The zero-order chi connectivity index (χ0) is 23.1. The molecule has 1 heterocycles. The molecule has 0 aromatic heterocycles. The number of anilines is 1. The lowest BCUT2D eigenvalue weighted by Crippen LogP contribution is -2.53. The fraction of sp³-hybridized carbons (Fsp3) is 0.231. The molecule has 2 atom stereocenters. The van der Waals surface area contributed by atoms with E-state index in [9.17, 15) is 19.7 Å². The summed E-state index contributed by atoms with van der Waals surface area (Å²) in [4.78, 5) is 39.9. The summed E-state index contributed by atoms with van der Waals surface area (Å²) in [6, 6.07) is 20.0.